The van der Waals surface area contributed by atoms with E-state index in [0.717, 1.165) is 6.07 Å². The molecule has 12 heteroatoms. The van der Waals surface area contributed by atoms with Gasteiger partial charge in [-0.15, -0.1) is 0 Å². The Hall–Kier alpha value is -3.70. The summed E-state index contributed by atoms with van der Waals surface area (Å²) in [4.78, 5) is 31.3. The molecule has 2 amide bonds. The zero-order valence-electron chi connectivity index (χ0n) is 17.5. The van der Waals surface area contributed by atoms with Gasteiger partial charge in [-0.25, -0.2) is 13.6 Å². The highest BCUT2D eigenvalue weighted by atomic mass is 19.4. The van der Waals surface area contributed by atoms with Crippen molar-refractivity contribution in [3.05, 3.63) is 53.3 Å². The minimum absolute atomic E-state index is 0.0915. The molecule has 180 valence electrons. The van der Waals surface area contributed by atoms with Crippen molar-refractivity contribution >= 4 is 22.9 Å². The Labute approximate surface area is 189 Å². The largest absolute Gasteiger partial charge is 0.465 e. The highest BCUT2D eigenvalue weighted by molar-refractivity contribution is 5.94. The van der Waals surface area contributed by atoms with Crippen LogP contribution in [0.3, 0.4) is 0 Å². The van der Waals surface area contributed by atoms with Crippen LogP contribution in [0.1, 0.15) is 34.5 Å². The third-order valence-electron chi connectivity index (χ3n) is 5.61. The van der Waals surface area contributed by atoms with E-state index in [2.05, 4.69) is 15.3 Å². The molecule has 7 nitrogen and oxygen atoms in total. The second kappa shape index (κ2) is 8.58. The zero-order chi connectivity index (χ0) is 24.7. The number of nitrogens with one attached hydrogen (secondary N) is 2. The van der Waals surface area contributed by atoms with E-state index in [4.69, 9.17) is 5.11 Å². The highest BCUT2D eigenvalue weighted by Gasteiger charge is 2.36. The van der Waals surface area contributed by atoms with E-state index in [1.54, 1.807) is 0 Å². The van der Waals surface area contributed by atoms with Gasteiger partial charge in [0.15, 0.2) is 0 Å². The van der Waals surface area contributed by atoms with Crippen molar-refractivity contribution in [1.82, 2.24) is 20.2 Å². The summed E-state index contributed by atoms with van der Waals surface area (Å²) in [5.41, 5.74) is -0.408. The van der Waals surface area contributed by atoms with E-state index in [1.807, 2.05) is 0 Å². The van der Waals surface area contributed by atoms with Gasteiger partial charge in [0, 0.05) is 48.8 Å². The molecule has 3 heterocycles. The smallest absolute Gasteiger partial charge is 0.418 e. The lowest BCUT2D eigenvalue weighted by Gasteiger charge is -2.31. The number of nitrogens with zero attached hydrogens (tertiary/aromatic N) is 2. The molecule has 3 N–H and O–H groups in total. The predicted octanol–water partition coefficient (Wildman–Crippen LogP) is 4.89. The molecular weight excluding hydrogens is 463 g/mol. The van der Waals surface area contributed by atoms with E-state index < -0.39 is 42.5 Å². The van der Waals surface area contributed by atoms with E-state index in [-0.39, 0.29) is 53.1 Å². The Bertz CT molecular complexity index is 1230. The third kappa shape index (κ3) is 4.95. The Balaban J connectivity index is 1.62. The molecular formula is C22H19F5N4O3. The summed E-state index contributed by atoms with van der Waals surface area (Å²) < 4.78 is 67.8. The van der Waals surface area contributed by atoms with Gasteiger partial charge in [-0.1, -0.05) is 0 Å². The lowest BCUT2D eigenvalue weighted by atomic mass is 10.0. The van der Waals surface area contributed by atoms with Gasteiger partial charge >= 0.3 is 12.3 Å². The summed E-state index contributed by atoms with van der Waals surface area (Å²) in [6, 6.07) is 6.60. The monoisotopic (exact) mass is 482 g/mol. The first-order valence-corrected chi connectivity index (χ1v) is 10.3. The van der Waals surface area contributed by atoms with Gasteiger partial charge in [-0.2, -0.15) is 13.2 Å². The lowest BCUT2D eigenvalue weighted by Crippen LogP contribution is -2.42. The molecule has 0 aliphatic carbocycles. The maximum absolute atomic E-state index is 13.7. The fourth-order valence-corrected chi connectivity index (χ4v) is 3.85. The van der Waals surface area contributed by atoms with Crippen LogP contribution in [0.15, 0.2) is 36.5 Å². The van der Waals surface area contributed by atoms with Crippen LogP contribution < -0.4 is 5.32 Å². The van der Waals surface area contributed by atoms with Gasteiger partial charge in [0.1, 0.15) is 0 Å². The second-order valence-electron chi connectivity index (χ2n) is 8.02. The van der Waals surface area contributed by atoms with Crippen molar-refractivity contribution in [1.29, 1.82) is 0 Å². The number of benzene rings is 1. The number of likely N-dealkylation sites (tertiary alicyclic amines) is 1. The summed E-state index contributed by atoms with van der Waals surface area (Å²) >= 11 is 0. The number of carbonyl (C=O) groups excluding carboxylic acids is 1. The number of amides is 2. The number of rotatable bonds is 4. The average molecular weight is 482 g/mol. The first kappa shape index (κ1) is 23.5. The van der Waals surface area contributed by atoms with Crippen LogP contribution in [0.4, 0.5) is 26.7 Å². The number of fused-ring (bicyclic) bond motifs is 1. The number of carbonyl (C=O) groups is 2. The van der Waals surface area contributed by atoms with Crippen molar-refractivity contribution < 1.29 is 36.6 Å². The van der Waals surface area contributed by atoms with Crippen LogP contribution in [0.25, 0.3) is 22.2 Å². The number of pyridine rings is 1. The highest BCUT2D eigenvalue weighted by Crippen LogP contribution is 2.38. The Morgan fingerprint density at radius 3 is 2.44 bits per heavy atom. The number of carboxylic acid groups (broad SMARTS) is 1. The maximum Gasteiger partial charge on any atom is 0.418 e. The zero-order valence-corrected chi connectivity index (χ0v) is 17.5. The number of hydrogen-bond acceptors (Lipinski definition) is 3. The molecule has 1 aliphatic rings. The normalized spacial score (nSPS) is 16.0. The summed E-state index contributed by atoms with van der Waals surface area (Å²) in [7, 11) is 0. The fraction of sp³-hybridized carbons (Fsp3) is 0.318. The maximum atomic E-state index is 13.7. The summed E-state index contributed by atoms with van der Waals surface area (Å²) in [5.74, 6) is -3.27. The van der Waals surface area contributed by atoms with Crippen molar-refractivity contribution in [2.24, 2.45) is 0 Å². The molecule has 34 heavy (non-hydrogen) atoms. The molecule has 1 aliphatic heterocycles. The van der Waals surface area contributed by atoms with Gasteiger partial charge in [-0.3, -0.25) is 9.78 Å². The molecule has 0 saturated carbocycles. The molecule has 0 unspecified atom stereocenters. The Morgan fingerprint density at radius 2 is 1.85 bits per heavy atom. The molecule has 3 aromatic rings. The Morgan fingerprint density at radius 1 is 1.15 bits per heavy atom. The Kier molecular flexibility index (Phi) is 5.92. The summed E-state index contributed by atoms with van der Waals surface area (Å²) in [6.45, 7) is -0.383. The van der Waals surface area contributed by atoms with Crippen molar-refractivity contribution in [2.45, 2.75) is 31.5 Å². The van der Waals surface area contributed by atoms with Crippen molar-refractivity contribution in [3.8, 4) is 11.3 Å². The molecule has 1 saturated heterocycles. The van der Waals surface area contributed by atoms with E-state index >= 15 is 0 Å². The first-order valence-electron chi connectivity index (χ1n) is 10.3. The molecule has 0 spiro atoms. The second-order valence-corrected chi connectivity index (χ2v) is 8.02. The number of piperidine rings is 1. The van der Waals surface area contributed by atoms with Crippen molar-refractivity contribution in [3.63, 3.8) is 0 Å². The van der Waals surface area contributed by atoms with Gasteiger partial charge in [0.25, 0.3) is 11.8 Å². The molecule has 2 aromatic heterocycles. The van der Waals surface area contributed by atoms with Crippen LogP contribution in [0, 0.1) is 0 Å². The fourth-order valence-electron chi connectivity index (χ4n) is 3.85. The molecule has 1 aromatic carbocycles. The van der Waals surface area contributed by atoms with E-state index in [1.165, 1.54) is 35.4 Å². The number of alkyl halides is 5. The number of hydrogen-bond donors (Lipinski definition) is 3. The topological polar surface area (TPSA) is 98.3 Å². The quantitative estimate of drug-likeness (QED) is 0.462. The lowest BCUT2D eigenvalue weighted by molar-refractivity contribution is -0.136. The SMILES string of the molecule is O=C(O)NCc1cc2cc(-c3ccc(C(=O)N4CCC(F)(F)CC4)cn3)cc(C(F)(F)F)c2[nH]1. The van der Waals surface area contributed by atoms with Crippen LogP contribution in [-0.2, 0) is 12.7 Å². The van der Waals surface area contributed by atoms with Crippen LogP contribution >= 0.6 is 0 Å². The molecule has 0 atom stereocenters. The summed E-state index contributed by atoms with van der Waals surface area (Å²) in [6.07, 6.45) is -5.65. The van der Waals surface area contributed by atoms with Gasteiger partial charge in [-0.05, 0) is 30.3 Å². The third-order valence-corrected chi connectivity index (χ3v) is 5.61. The van der Waals surface area contributed by atoms with Crippen LogP contribution in [0.2, 0.25) is 0 Å². The molecule has 4 rings (SSSR count). The molecule has 0 bridgehead atoms. The number of H-pyrrole nitrogens is 1. The minimum atomic E-state index is -4.69. The van der Waals surface area contributed by atoms with Gasteiger partial charge in [0.05, 0.1) is 28.9 Å². The molecule has 0 radical (unpaired) electrons. The van der Waals surface area contributed by atoms with E-state index in [9.17, 15) is 31.5 Å². The number of halogens is 5. The predicted molar refractivity (Wildman–Crippen MR) is 111 cm³/mol. The number of aromatic amines is 1. The average Bonchev–Trinajstić information content (AvgIpc) is 3.19. The summed E-state index contributed by atoms with van der Waals surface area (Å²) in [5, 5.41) is 11.0. The minimum Gasteiger partial charge on any atom is -0.465 e. The van der Waals surface area contributed by atoms with Crippen LogP contribution in [0.5, 0.6) is 0 Å². The van der Waals surface area contributed by atoms with Gasteiger partial charge < -0.3 is 20.3 Å². The standard InChI is InChI=1S/C22H19F5N4O3/c23-21(24)3-5-31(6-4-21)19(32)12-1-2-17(28-10-12)13-7-14-8-15(11-29-20(33)34)30-18(14)16(9-13)22(25,26)27/h1-2,7-10,29-30H,3-6,11H2,(H,33,34). The van der Waals surface area contributed by atoms with E-state index in [0.29, 0.717) is 0 Å². The van der Waals surface area contributed by atoms with Crippen molar-refractivity contribution in [2.75, 3.05) is 13.1 Å². The van der Waals surface area contributed by atoms with Gasteiger partial charge in [0.2, 0.25) is 0 Å². The number of aromatic nitrogens is 2. The van der Waals surface area contributed by atoms with Crippen LogP contribution in [-0.4, -0.2) is 51.0 Å². The molecule has 1 fully saturated rings. The first-order chi connectivity index (χ1) is 15.9.